The lowest BCUT2D eigenvalue weighted by Crippen LogP contribution is -2.49. The van der Waals surface area contributed by atoms with E-state index >= 15 is 0 Å². The lowest BCUT2D eigenvalue weighted by molar-refractivity contribution is 0.0768. The number of piperidine rings is 1. The Bertz CT molecular complexity index is 338. The van der Waals surface area contributed by atoms with Crippen LogP contribution < -0.4 is 0 Å². The first-order chi connectivity index (χ1) is 7.40. The van der Waals surface area contributed by atoms with Crippen LogP contribution in [0.5, 0.6) is 0 Å². The fourth-order valence-corrected chi connectivity index (χ4v) is 5.37. The normalized spacial score (nSPS) is 35.9. The molecule has 0 aromatic heterocycles. The molecule has 0 aromatic carbocycles. The number of sulfonamides is 1. The molecule has 2 atom stereocenters. The second-order valence-corrected chi connectivity index (χ2v) is 7.43. The van der Waals surface area contributed by atoms with Crippen molar-refractivity contribution >= 4 is 10.0 Å². The molecule has 2 rings (SSSR count). The monoisotopic (exact) mass is 247 g/mol. The second kappa shape index (κ2) is 4.27. The lowest BCUT2D eigenvalue weighted by atomic mass is 10.0. The number of rotatable bonds is 3. The molecular formula is C11H21NO3S. The van der Waals surface area contributed by atoms with Gasteiger partial charge in [0.25, 0.3) is 0 Å². The summed E-state index contributed by atoms with van der Waals surface area (Å²) in [6.07, 6.45) is 2.77. The zero-order valence-corrected chi connectivity index (χ0v) is 10.8. The molecule has 2 fully saturated rings. The maximum absolute atomic E-state index is 12.2. The smallest absolute Gasteiger partial charge is 0.214 e. The third-order valence-electron chi connectivity index (χ3n) is 3.51. The van der Waals surface area contributed by atoms with Crippen molar-refractivity contribution in [3.05, 3.63) is 0 Å². The standard InChI is InChI=1S/C11H21NO3S/c1-8(2)7-16(14,15)12-9-3-4-10(12)6-11(13)5-9/h8-11,13H,3-7H2,1-2H3. The molecule has 2 saturated heterocycles. The van der Waals surface area contributed by atoms with Crippen LogP contribution in [-0.4, -0.2) is 41.8 Å². The first-order valence-electron chi connectivity index (χ1n) is 6.09. The Morgan fingerprint density at radius 2 is 1.75 bits per heavy atom. The minimum atomic E-state index is -3.12. The van der Waals surface area contributed by atoms with E-state index in [9.17, 15) is 13.5 Å². The second-order valence-electron chi connectivity index (χ2n) is 5.51. The van der Waals surface area contributed by atoms with Crippen molar-refractivity contribution in [1.29, 1.82) is 0 Å². The van der Waals surface area contributed by atoms with E-state index in [0.717, 1.165) is 12.8 Å². The molecule has 2 heterocycles. The molecule has 2 aliphatic heterocycles. The average molecular weight is 247 g/mol. The van der Waals surface area contributed by atoms with Gasteiger partial charge >= 0.3 is 0 Å². The fraction of sp³-hybridized carbons (Fsp3) is 1.00. The van der Waals surface area contributed by atoms with E-state index in [0.29, 0.717) is 12.8 Å². The van der Waals surface area contributed by atoms with Crippen LogP contribution in [0, 0.1) is 5.92 Å². The largest absolute Gasteiger partial charge is 0.393 e. The number of nitrogens with zero attached hydrogens (tertiary/aromatic N) is 1. The van der Waals surface area contributed by atoms with Crippen molar-refractivity contribution in [3.63, 3.8) is 0 Å². The van der Waals surface area contributed by atoms with Crippen LogP contribution in [-0.2, 0) is 10.0 Å². The minimum absolute atomic E-state index is 0.0532. The summed E-state index contributed by atoms with van der Waals surface area (Å²) in [7, 11) is -3.12. The van der Waals surface area contributed by atoms with Crippen molar-refractivity contribution in [2.45, 2.75) is 57.7 Å². The van der Waals surface area contributed by atoms with E-state index in [1.807, 2.05) is 13.8 Å². The molecule has 16 heavy (non-hydrogen) atoms. The van der Waals surface area contributed by atoms with Crippen molar-refractivity contribution in [3.8, 4) is 0 Å². The molecule has 0 radical (unpaired) electrons. The van der Waals surface area contributed by atoms with Gasteiger partial charge in [-0.15, -0.1) is 0 Å². The van der Waals surface area contributed by atoms with Gasteiger partial charge in [-0.1, -0.05) is 13.8 Å². The molecule has 4 nitrogen and oxygen atoms in total. The van der Waals surface area contributed by atoms with E-state index in [4.69, 9.17) is 0 Å². The lowest BCUT2D eigenvalue weighted by Gasteiger charge is -2.36. The van der Waals surface area contributed by atoms with E-state index in [1.54, 1.807) is 4.31 Å². The van der Waals surface area contributed by atoms with Gasteiger partial charge in [0.2, 0.25) is 10.0 Å². The number of hydrogen-bond acceptors (Lipinski definition) is 3. The van der Waals surface area contributed by atoms with Gasteiger partial charge in [0.15, 0.2) is 0 Å². The van der Waals surface area contributed by atoms with Crippen molar-refractivity contribution in [1.82, 2.24) is 4.31 Å². The summed E-state index contributed by atoms with van der Waals surface area (Å²) >= 11 is 0. The highest BCUT2D eigenvalue weighted by Gasteiger charge is 2.46. The minimum Gasteiger partial charge on any atom is -0.393 e. The van der Waals surface area contributed by atoms with Crippen LogP contribution in [0.1, 0.15) is 39.5 Å². The topological polar surface area (TPSA) is 57.6 Å². The Morgan fingerprint density at radius 1 is 1.25 bits per heavy atom. The van der Waals surface area contributed by atoms with Crippen molar-refractivity contribution in [2.24, 2.45) is 5.92 Å². The maximum Gasteiger partial charge on any atom is 0.214 e. The summed E-state index contributed by atoms with van der Waals surface area (Å²) < 4.78 is 26.1. The van der Waals surface area contributed by atoms with Gasteiger partial charge in [0.05, 0.1) is 11.9 Å². The van der Waals surface area contributed by atoms with Crippen LogP contribution in [0.15, 0.2) is 0 Å². The summed E-state index contributed by atoms with van der Waals surface area (Å²) in [5.41, 5.74) is 0. The zero-order chi connectivity index (χ0) is 11.9. The number of aliphatic hydroxyl groups excluding tert-OH is 1. The zero-order valence-electron chi connectivity index (χ0n) is 9.96. The molecular weight excluding hydrogens is 226 g/mol. The van der Waals surface area contributed by atoms with E-state index in [1.165, 1.54) is 0 Å². The van der Waals surface area contributed by atoms with Crippen molar-refractivity contribution < 1.29 is 13.5 Å². The summed E-state index contributed by atoms with van der Waals surface area (Å²) in [6.45, 7) is 3.86. The molecule has 0 aromatic rings. The van der Waals surface area contributed by atoms with Gasteiger partial charge in [0, 0.05) is 12.1 Å². The predicted octanol–water partition coefficient (Wildman–Crippen LogP) is 0.960. The Morgan fingerprint density at radius 3 is 2.19 bits per heavy atom. The van der Waals surface area contributed by atoms with Gasteiger partial charge in [-0.2, -0.15) is 4.31 Å². The summed E-state index contributed by atoms with van der Waals surface area (Å²) in [6, 6.07) is 0.106. The van der Waals surface area contributed by atoms with E-state index < -0.39 is 10.0 Å². The average Bonchev–Trinajstić information content (AvgIpc) is 2.38. The molecule has 94 valence electrons. The van der Waals surface area contributed by atoms with E-state index in [-0.39, 0.29) is 29.9 Å². The van der Waals surface area contributed by atoms with Gasteiger partial charge in [-0.05, 0) is 31.6 Å². The Hall–Kier alpha value is -0.130. The quantitative estimate of drug-likeness (QED) is 0.808. The Kier molecular flexibility index (Phi) is 3.29. The van der Waals surface area contributed by atoms with Gasteiger partial charge in [-0.25, -0.2) is 8.42 Å². The molecule has 0 amide bonds. The van der Waals surface area contributed by atoms with Crippen LogP contribution in [0.25, 0.3) is 0 Å². The highest BCUT2D eigenvalue weighted by atomic mass is 32.2. The van der Waals surface area contributed by atoms with Gasteiger partial charge in [0.1, 0.15) is 0 Å². The molecule has 0 saturated carbocycles. The molecule has 0 spiro atoms. The summed E-state index contributed by atoms with van der Waals surface area (Å²) in [4.78, 5) is 0. The fourth-order valence-electron chi connectivity index (χ4n) is 3.07. The van der Waals surface area contributed by atoms with Crippen LogP contribution in [0.4, 0.5) is 0 Å². The summed E-state index contributed by atoms with van der Waals surface area (Å²) in [5.74, 6) is 0.395. The first-order valence-corrected chi connectivity index (χ1v) is 7.70. The van der Waals surface area contributed by atoms with Crippen LogP contribution in [0.3, 0.4) is 0 Å². The first kappa shape index (κ1) is 12.3. The van der Waals surface area contributed by atoms with Crippen LogP contribution >= 0.6 is 0 Å². The number of aliphatic hydroxyl groups is 1. The highest BCUT2D eigenvalue weighted by Crippen LogP contribution is 2.38. The summed E-state index contributed by atoms with van der Waals surface area (Å²) in [5, 5.41) is 9.63. The molecule has 2 aliphatic rings. The molecule has 2 unspecified atom stereocenters. The molecule has 5 heteroatoms. The molecule has 0 aliphatic carbocycles. The third kappa shape index (κ3) is 2.26. The maximum atomic E-state index is 12.2. The van der Waals surface area contributed by atoms with Crippen LogP contribution in [0.2, 0.25) is 0 Å². The van der Waals surface area contributed by atoms with E-state index in [2.05, 4.69) is 0 Å². The Balaban J connectivity index is 2.17. The Labute approximate surface area is 97.7 Å². The number of fused-ring (bicyclic) bond motifs is 2. The highest BCUT2D eigenvalue weighted by molar-refractivity contribution is 7.89. The van der Waals surface area contributed by atoms with Crippen molar-refractivity contribution in [2.75, 3.05) is 5.75 Å². The van der Waals surface area contributed by atoms with Gasteiger partial charge in [-0.3, -0.25) is 0 Å². The van der Waals surface area contributed by atoms with Gasteiger partial charge < -0.3 is 5.11 Å². The number of hydrogen-bond donors (Lipinski definition) is 1. The predicted molar refractivity (Wildman–Crippen MR) is 62.5 cm³/mol. The molecule has 1 N–H and O–H groups in total. The molecule has 2 bridgehead atoms. The third-order valence-corrected chi connectivity index (χ3v) is 5.83. The SMILES string of the molecule is CC(C)CS(=O)(=O)N1C2CCC1CC(O)C2.